The molecule has 0 amide bonds. The van der Waals surface area contributed by atoms with Gasteiger partial charge in [0.15, 0.2) is 0 Å². The Balaban J connectivity index is 1.59. The Morgan fingerprint density at radius 1 is 1.29 bits per heavy atom. The molecule has 106 valence electrons. The number of imidazole rings is 1. The zero-order chi connectivity index (χ0) is 14.2. The number of nitrogens with one attached hydrogen (secondary N) is 2. The molecule has 1 unspecified atom stereocenters. The second-order valence-electron chi connectivity index (χ2n) is 4.78. The van der Waals surface area contributed by atoms with Crippen molar-refractivity contribution in [2.24, 2.45) is 0 Å². The van der Waals surface area contributed by atoms with E-state index in [4.69, 9.17) is 16.1 Å². The van der Waals surface area contributed by atoms with Crippen molar-refractivity contribution < 1.29 is 4.52 Å². The molecular formula is C13H11ClN6O. The van der Waals surface area contributed by atoms with Crippen molar-refractivity contribution in [2.75, 3.05) is 0 Å². The Morgan fingerprint density at radius 3 is 3.10 bits per heavy atom. The Morgan fingerprint density at radius 2 is 2.24 bits per heavy atom. The highest BCUT2D eigenvalue weighted by Crippen LogP contribution is 2.24. The first-order valence-electron chi connectivity index (χ1n) is 6.49. The monoisotopic (exact) mass is 302 g/mol. The predicted octanol–water partition coefficient (Wildman–Crippen LogP) is 1.90. The Kier molecular flexibility index (Phi) is 2.94. The fourth-order valence-corrected chi connectivity index (χ4v) is 2.44. The zero-order valence-corrected chi connectivity index (χ0v) is 11.6. The lowest BCUT2D eigenvalue weighted by molar-refractivity contribution is 0.319. The van der Waals surface area contributed by atoms with E-state index in [0.29, 0.717) is 35.4 Å². The number of fused-ring (bicyclic) bond motifs is 1. The fraction of sp³-hybridized carbons (Fsp3) is 0.231. The van der Waals surface area contributed by atoms with Crippen molar-refractivity contribution in [3.8, 4) is 11.5 Å². The molecule has 1 aliphatic heterocycles. The average molecular weight is 303 g/mol. The van der Waals surface area contributed by atoms with Gasteiger partial charge in [0, 0.05) is 19.2 Å². The van der Waals surface area contributed by atoms with E-state index in [0.717, 1.165) is 11.4 Å². The number of hydrogen-bond donors (Lipinski definition) is 2. The van der Waals surface area contributed by atoms with Gasteiger partial charge in [-0.3, -0.25) is 10.3 Å². The third-order valence-corrected chi connectivity index (χ3v) is 3.65. The highest BCUT2D eigenvalue weighted by Gasteiger charge is 2.26. The maximum atomic E-state index is 5.82. The molecule has 0 saturated carbocycles. The molecule has 4 heterocycles. The number of halogens is 1. The molecule has 7 nitrogen and oxygen atoms in total. The van der Waals surface area contributed by atoms with Gasteiger partial charge < -0.3 is 9.51 Å². The van der Waals surface area contributed by atoms with Gasteiger partial charge >= 0.3 is 0 Å². The summed E-state index contributed by atoms with van der Waals surface area (Å²) in [5.74, 6) is 0.992. The molecule has 21 heavy (non-hydrogen) atoms. The minimum Gasteiger partial charge on any atom is -0.347 e. The third kappa shape index (κ3) is 2.30. The second-order valence-corrected chi connectivity index (χ2v) is 5.22. The number of hydrogen-bond acceptors (Lipinski definition) is 6. The summed E-state index contributed by atoms with van der Waals surface area (Å²) in [6, 6.07) is 3.47. The molecule has 0 saturated heterocycles. The van der Waals surface area contributed by atoms with Crippen molar-refractivity contribution >= 4 is 11.6 Å². The van der Waals surface area contributed by atoms with Crippen LogP contribution >= 0.6 is 11.6 Å². The van der Waals surface area contributed by atoms with Gasteiger partial charge in [-0.25, -0.2) is 4.98 Å². The fourth-order valence-electron chi connectivity index (χ4n) is 2.33. The van der Waals surface area contributed by atoms with Gasteiger partial charge in [-0.2, -0.15) is 4.98 Å². The van der Waals surface area contributed by atoms with Crippen molar-refractivity contribution in [3.63, 3.8) is 0 Å². The first-order valence-corrected chi connectivity index (χ1v) is 6.87. The van der Waals surface area contributed by atoms with Crippen LogP contribution in [0.4, 0.5) is 0 Å². The van der Waals surface area contributed by atoms with Crippen LogP contribution in [-0.2, 0) is 13.0 Å². The SMILES string of the molecule is Clc1ccc(-c2noc(C3Cc4nc[nH]c4CN3)n2)nc1. The summed E-state index contributed by atoms with van der Waals surface area (Å²) in [5.41, 5.74) is 2.76. The average Bonchev–Trinajstić information content (AvgIpc) is 3.16. The number of nitrogens with zero attached hydrogens (tertiary/aromatic N) is 4. The van der Waals surface area contributed by atoms with Crippen LogP contribution in [-0.4, -0.2) is 25.1 Å². The predicted molar refractivity (Wildman–Crippen MR) is 74.4 cm³/mol. The normalized spacial score (nSPS) is 17.7. The molecular weight excluding hydrogens is 292 g/mol. The molecule has 0 spiro atoms. The van der Waals surface area contributed by atoms with E-state index >= 15 is 0 Å². The van der Waals surface area contributed by atoms with Gasteiger partial charge in [0.1, 0.15) is 5.69 Å². The van der Waals surface area contributed by atoms with Crippen LogP contribution < -0.4 is 5.32 Å². The van der Waals surface area contributed by atoms with E-state index in [1.54, 1.807) is 24.7 Å². The number of pyridine rings is 1. The summed E-state index contributed by atoms with van der Waals surface area (Å²) in [4.78, 5) is 16.0. The topological polar surface area (TPSA) is 92.5 Å². The van der Waals surface area contributed by atoms with Crippen LogP contribution in [0.5, 0.6) is 0 Å². The van der Waals surface area contributed by atoms with E-state index in [-0.39, 0.29) is 6.04 Å². The summed E-state index contributed by atoms with van der Waals surface area (Å²) < 4.78 is 5.35. The van der Waals surface area contributed by atoms with E-state index in [2.05, 4.69) is 30.4 Å². The molecule has 4 rings (SSSR count). The molecule has 3 aromatic rings. The first-order chi connectivity index (χ1) is 10.3. The van der Waals surface area contributed by atoms with Crippen molar-refractivity contribution in [3.05, 3.63) is 47.0 Å². The zero-order valence-electron chi connectivity index (χ0n) is 10.9. The summed E-state index contributed by atoms with van der Waals surface area (Å²) in [7, 11) is 0. The van der Waals surface area contributed by atoms with Crippen molar-refractivity contribution in [1.82, 2.24) is 30.4 Å². The number of rotatable bonds is 2. The summed E-state index contributed by atoms with van der Waals surface area (Å²) in [6.45, 7) is 0.705. The van der Waals surface area contributed by atoms with Crippen LogP contribution in [0.3, 0.4) is 0 Å². The van der Waals surface area contributed by atoms with Crippen LogP contribution in [0, 0.1) is 0 Å². The summed E-state index contributed by atoms with van der Waals surface area (Å²) in [6.07, 6.45) is 3.97. The Labute approximate surface area is 124 Å². The molecule has 0 bridgehead atoms. The smallest absolute Gasteiger partial charge is 0.244 e. The van der Waals surface area contributed by atoms with E-state index in [9.17, 15) is 0 Å². The van der Waals surface area contributed by atoms with Gasteiger partial charge in [0.2, 0.25) is 11.7 Å². The first kappa shape index (κ1) is 12.5. The Bertz CT molecular complexity index is 765. The lowest BCUT2D eigenvalue weighted by Gasteiger charge is -2.19. The maximum absolute atomic E-state index is 5.82. The summed E-state index contributed by atoms with van der Waals surface area (Å²) >= 11 is 5.82. The van der Waals surface area contributed by atoms with Gasteiger partial charge in [-0.15, -0.1) is 0 Å². The maximum Gasteiger partial charge on any atom is 0.244 e. The molecule has 8 heteroatoms. The molecule has 2 N–H and O–H groups in total. The molecule has 1 atom stereocenters. The molecule has 0 fully saturated rings. The standard InChI is InChI=1S/C13H11ClN6O/c14-7-1-2-8(15-4-7)12-19-13(21-20-12)10-3-9-11(5-16-10)18-6-17-9/h1-2,4,6,10,16H,3,5H2,(H,17,18). The van der Waals surface area contributed by atoms with Crippen molar-refractivity contribution in [2.45, 2.75) is 19.0 Å². The largest absolute Gasteiger partial charge is 0.347 e. The van der Waals surface area contributed by atoms with Crippen LogP contribution in [0.2, 0.25) is 5.02 Å². The van der Waals surface area contributed by atoms with Crippen LogP contribution in [0.25, 0.3) is 11.5 Å². The van der Waals surface area contributed by atoms with Gasteiger partial charge in [0.25, 0.3) is 0 Å². The van der Waals surface area contributed by atoms with Gasteiger partial charge in [-0.1, -0.05) is 16.8 Å². The molecule has 0 radical (unpaired) electrons. The van der Waals surface area contributed by atoms with Crippen molar-refractivity contribution in [1.29, 1.82) is 0 Å². The van der Waals surface area contributed by atoms with Gasteiger partial charge in [0.05, 0.1) is 28.8 Å². The molecule has 0 aliphatic carbocycles. The Hall–Kier alpha value is -2.25. The molecule has 1 aliphatic rings. The highest BCUT2D eigenvalue weighted by atomic mass is 35.5. The van der Waals surface area contributed by atoms with Crippen LogP contribution in [0.15, 0.2) is 29.2 Å². The second kappa shape index (κ2) is 4.94. The van der Waals surface area contributed by atoms with E-state index in [1.807, 2.05) is 0 Å². The summed E-state index contributed by atoms with van der Waals surface area (Å²) in [5, 5.41) is 7.89. The number of H-pyrrole nitrogens is 1. The minimum atomic E-state index is -0.0330. The van der Waals surface area contributed by atoms with Gasteiger partial charge in [-0.05, 0) is 12.1 Å². The molecule has 0 aromatic carbocycles. The third-order valence-electron chi connectivity index (χ3n) is 3.43. The molecule has 3 aromatic heterocycles. The lowest BCUT2D eigenvalue weighted by atomic mass is 10.1. The number of aromatic amines is 1. The van der Waals surface area contributed by atoms with E-state index in [1.165, 1.54) is 0 Å². The quantitative estimate of drug-likeness (QED) is 0.751. The highest BCUT2D eigenvalue weighted by molar-refractivity contribution is 6.30. The van der Waals surface area contributed by atoms with E-state index < -0.39 is 0 Å². The minimum absolute atomic E-state index is 0.0330. The lowest BCUT2D eigenvalue weighted by Crippen LogP contribution is -2.28. The van der Waals surface area contributed by atoms with Crippen LogP contribution in [0.1, 0.15) is 23.3 Å². The number of aromatic nitrogens is 5.